The van der Waals surface area contributed by atoms with Crippen molar-refractivity contribution in [2.75, 3.05) is 23.3 Å². The molecule has 1 aromatic carbocycles. The van der Waals surface area contributed by atoms with Gasteiger partial charge in [0.2, 0.25) is 5.95 Å². The SMILES string of the molecule is Cc1cc(C(=O)Nc2cc(Cl)ccc2Cl)nc(N2CCCC(C)C2)n1. The van der Waals surface area contributed by atoms with Crippen LogP contribution in [0.5, 0.6) is 0 Å². The van der Waals surface area contributed by atoms with E-state index in [0.29, 0.717) is 33.3 Å². The summed E-state index contributed by atoms with van der Waals surface area (Å²) in [4.78, 5) is 23.7. The Labute approximate surface area is 157 Å². The van der Waals surface area contributed by atoms with Crippen molar-refractivity contribution in [1.29, 1.82) is 0 Å². The van der Waals surface area contributed by atoms with Gasteiger partial charge in [0.15, 0.2) is 0 Å². The van der Waals surface area contributed by atoms with Gasteiger partial charge in [-0.1, -0.05) is 30.1 Å². The number of rotatable bonds is 3. The molecule has 132 valence electrons. The lowest BCUT2D eigenvalue weighted by Gasteiger charge is -2.31. The Morgan fingerprint density at radius 3 is 2.84 bits per heavy atom. The molecular formula is C18H20Cl2N4O. The summed E-state index contributed by atoms with van der Waals surface area (Å²) >= 11 is 12.1. The number of hydrogen-bond acceptors (Lipinski definition) is 4. The van der Waals surface area contributed by atoms with Crippen molar-refractivity contribution >= 4 is 40.7 Å². The molecule has 1 aliphatic heterocycles. The molecule has 0 bridgehead atoms. The monoisotopic (exact) mass is 378 g/mol. The number of anilines is 2. The van der Waals surface area contributed by atoms with Crippen LogP contribution in [-0.2, 0) is 0 Å². The van der Waals surface area contributed by atoms with Crippen LogP contribution in [-0.4, -0.2) is 29.0 Å². The normalized spacial score (nSPS) is 17.4. The van der Waals surface area contributed by atoms with Crippen LogP contribution in [0.4, 0.5) is 11.6 Å². The molecule has 0 radical (unpaired) electrons. The maximum Gasteiger partial charge on any atom is 0.274 e. The first-order valence-corrected chi connectivity index (χ1v) is 9.05. The summed E-state index contributed by atoms with van der Waals surface area (Å²) < 4.78 is 0. The summed E-state index contributed by atoms with van der Waals surface area (Å²) in [6.07, 6.45) is 2.32. The highest BCUT2D eigenvalue weighted by Gasteiger charge is 2.21. The van der Waals surface area contributed by atoms with Crippen molar-refractivity contribution in [3.05, 3.63) is 45.7 Å². The molecule has 1 saturated heterocycles. The smallest absolute Gasteiger partial charge is 0.274 e. The highest BCUT2D eigenvalue weighted by Crippen LogP contribution is 2.26. The maximum atomic E-state index is 12.6. The standard InChI is InChI=1S/C18H20Cl2N4O/c1-11-4-3-7-24(10-11)18-21-12(2)8-16(23-18)17(25)22-15-9-13(19)5-6-14(15)20/h5-6,8-9,11H,3-4,7,10H2,1-2H3,(H,22,25). The molecule has 2 heterocycles. The number of nitrogens with zero attached hydrogens (tertiary/aromatic N) is 3. The predicted molar refractivity (Wildman–Crippen MR) is 102 cm³/mol. The van der Waals surface area contributed by atoms with E-state index in [1.807, 2.05) is 6.92 Å². The fourth-order valence-electron chi connectivity index (χ4n) is 2.96. The molecule has 1 atom stereocenters. The molecule has 7 heteroatoms. The number of amides is 1. The van der Waals surface area contributed by atoms with E-state index in [4.69, 9.17) is 23.2 Å². The van der Waals surface area contributed by atoms with E-state index in [-0.39, 0.29) is 5.91 Å². The molecule has 5 nitrogen and oxygen atoms in total. The van der Waals surface area contributed by atoms with Crippen LogP contribution in [0.15, 0.2) is 24.3 Å². The first-order chi connectivity index (χ1) is 11.9. The second-order valence-electron chi connectivity index (χ2n) is 6.47. The first kappa shape index (κ1) is 18.0. The average Bonchev–Trinajstić information content (AvgIpc) is 2.57. The van der Waals surface area contributed by atoms with E-state index in [9.17, 15) is 4.79 Å². The van der Waals surface area contributed by atoms with Gasteiger partial charge in [-0.3, -0.25) is 4.79 Å². The third-order valence-corrected chi connectivity index (χ3v) is 4.76. The Hall–Kier alpha value is -1.85. The van der Waals surface area contributed by atoms with Gasteiger partial charge in [0.1, 0.15) is 5.69 Å². The van der Waals surface area contributed by atoms with Gasteiger partial charge in [-0.2, -0.15) is 0 Å². The molecule has 1 fully saturated rings. The van der Waals surface area contributed by atoms with Crippen LogP contribution in [0.25, 0.3) is 0 Å². The molecular weight excluding hydrogens is 359 g/mol. The Morgan fingerprint density at radius 1 is 1.28 bits per heavy atom. The van der Waals surface area contributed by atoms with Gasteiger partial charge in [-0.05, 0) is 49.9 Å². The number of carbonyl (C=O) groups is 1. The quantitative estimate of drug-likeness (QED) is 0.848. The zero-order chi connectivity index (χ0) is 18.0. The third kappa shape index (κ3) is 4.41. The molecule has 0 saturated carbocycles. The van der Waals surface area contributed by atoms with Crippen LogP contribution in [0, 0.1) is 12.8 Å². The molecule has 1 aromatic heterocycles. The summed E-state index contributed by atoms with van der Waals surface area (Å²) in [5.41, 5.74) is 1.53. The minimum atomic E-state index is -0.332. The van der Waals surface area contributed by atoms with Gasteiger partial charge in [-0.25, -0.2) is 9.97 Å². The number of nitrogens with one attached hydrogen (secondary N) is 1. The van der Waals surface area contributed by atoms with Gasteiger partial charge >= 0.3 is 0 Å². The largest absolute Gasteiger partial charge is 0.341 e. The van der Waals surface area contributed by atoms with Crippen LogP contribution in [0.3, 0.4) is 0 Å². The van der Waals surface area contributed by atoms with Crippen molar-refractivity contribution in [1.82, 2.24) is 9.97 Å². The van der Waals surface area contributed by atoms with Crippen molar-refractivity contribution in [2.24, 2.45) is 5.92 Å². The number of aromatic nitrogens is 2. The number of halogens is 2. The van der Waals surface area contributed by atoms with Gasteiger partial charge in [0.05, 0.1) is 10.7 Å². The number of benzene rings is 1. The number of hydrogen-bond donors (Lipinski definition) is 1. The van der Waals surface area contributed by atoms with E-state index in [1.54, 1.807) is 24.3 Å². The van der Waals surface area contributed by atoms with Crippen LogP contribution >= 0.6 is 23.2 Å². The molecule has 1 aliphatic rings. The van der Waals surface area contributed by atoms with E-state index in [2.05, 4.69) is 27.1 Å². The second kappa shape index (κ2) is 7.58. The van der Waals surface area contributed by atoms with Gasteiger partial charge in [0, 0.05) is 23.8 Å². The minimum Gasteiger partial charge on any atom is -0.341 e. The first-order valence-electron chi connectivity index (χ1n) is 8.29. The minimum absolute atomic E-state index is 0.316. The molecule has 1 unspecified atom stereocenters. The molecule has 3 rings (SSSR count). The highest BCUT2D eigenvalue weighted by molar-refractivity contribution is 6.35. The number of carbonyl (C=O) groups excluding carboxylic acids is 1. The lowest BCUT2D eigenvalue weighted by Crippen LogP contribution is -2.36. The van der Waals surface area contributed by atoms with Crippen molar-refractivity contribution in [3.8, 4) is 0 Å². The van der Waals surface area contributed by atoms with Crippen molar-refractivity contribution < 1.29 is 4.79 Å². The summed E-state index contributed by atoms with van der Waals surface area (Å²) in [5, 5.41) is 3.70. The average molecular weight is 379 g/mol. The van der Waals surface area contributed by atoms with Crippen LogP contribution < -0.4 is 10.2 Å². The van der Waals surface area contributed by atoms with E-state index >= 15 is 0 Å². The molecule has 2 aromatic rings. The fraction of sp³-hybridized carbons (Fsp3) is 0.389. The zero-order valence-corrected chi connectivity index (χ0v) is 15.7. The Morgan fingerprint density at radius 2 is 2.08 bits per heavy atom. The van der Waals surface area contributed by atoms with Gasteiger partial charge in [-0.15, -0.1) is 0 Å². The summed E-state index contributed by atoms with van der Waals surface area (Å²) in [5.74, 6) is 0.871. The highest BCUT2D eigenvalue weighted by atomic mass is 35.5. The molecule has 0 spiro atoms. The second-order valence-corrected chi connectivity index (χ2v) is 7.31. The topological polar surface area (TPSA) is 58.1 Å². The van der Waals surface area contributed by atoms with E-state index < -0.39 is 0 Å². The maximum absolute atomic E-state index is 12.6. The fourth-order valence-corrected chi connectivity index (χ4v) is 3.30. The molecule has 0 aliphatic carbocycles. The van der Waals surface area contributed by atoms with Crippen LogP contribution in [0.1, 0.15) is 35.9 Å². The van der Waals surface area contributed by atoms with E-state index in [0.717, 1.165) is 25.2 Å². The van der Waals surface area contributed by atoms with Crippen LogP contribution in [0.2, 0.25) is 10.0 Å². The lowest BCUT2D eigenvalue weighted by atomic mass is 10.0. The molecule has 1 amide bonds. The number of piperidine rings is 1. The Bertz CT molecular complexity index is 797. The summed E-state index contributed by atoms with van der Waals surface area (Å²) in [7, 11) is 0. The molecule has 25 heavy (non-hydrogen) atoms. The van der Waals surface area contributed by atoms with Crippen molar-refractivity contribution in [2.45, 2.75) is 26.7 Å². The summed E-state index contributed by atoms with van der Waals surface area (Å²) in [6.45, 7) is 5.90. The van der Waals surface area contributed by atoms with E-state index in [1.165, 1.54) is 6.42 Å². The third-order valence-electron chi connectivity index (χ3n) is 4.19. The number of aryl methyl sites for hydroxylation is 1. The predicted octanol–water partition coefficient (Wildman–Crippen LogP) is 4.58. The Balaban J connectivity index is 1.84. The Kier molecular flexibility index (Phi) is 5.45. The summed E-state index contributed by atoms with van der Waals surface area (Å²) in [6, 6.07) is 6.60. The molecule has 1 N–H and O–H groups in total. The van der Waals surface area contributed by atoms with Crippen molar-refractivity contribution in [3.63, 3.8) is 0 Å². The van der Waals surface area contributed by atoms with Gasteiger partial charge in [0.25, 0.3) is 5.91 Å². The zero-order valence-electron chi connectivity index (χ0n) is 14.2. The lowest BCUT2D eigenvalue weighted by molar-refractivity contribution is 0.102. The van der Waals surface area contributed by atoms with Gasteiger partial charge < -0.3 is 10.2 Å².